The van der Waals surface area contributed by atoms with Gasteiger partial charge in [-0.15, -0.1) is 11.6 Å². The molecule has 9 nitrogen and oxygen atoms in total. The Bertz CT molecular complexity index is 1410. The number of hydrogen-bond donors (Lipinski definition) is 1. The number of imidazole rings is 1. The molecule has 0 radical (unpaired) electrons. The Balaban J connectivity index is 1.08. The number of alkyl halides is 1. The number of halogens is 3. The van der Waals surface area contributed by atoms with E-state index in [4.69, 9.17) is 21.1 Å². The van der Waals surface area contributed by atoms with Gasteiger partial charge in [-0.1, -0.05) is 24.3 Å². The summed E-state index contributed by atoms with van der Waals surface area (Å²) in [6.45, 7) is 3.10. The minimum Gasteiger partial charge on any atom is -0.473 e. The largest absolute Gasteiger partial charge is 0.473 e. The molecule has 0 amide bonds. The SMILES string of the molecule is OC(COc1ncnc2c1ncn2C1CCCCO1)C(Cl)N1CCN(C(c2ccc(F)cc2)c2ccc(F)cc2)CC1. The van der Waals surface area contributed by atoms with Gasteiger partial charge >= 0.3 is 0 Å². The molecule has 0 aliphatic carbocycles. The lowest BCUT2D eigenvalue weighted by Crippen LogP contribution is -2.53. The van der Waals surface area contributed by atoms with Crippen LogP contribution in [0.1, 0.15) is 42.7 Å². The van der Waals surface area contributed by atoms with Crippen LogP contribution < -0.4 is 4.74 Å². The molecule has 3 atom stereocenters. The predicted molar refractivity (Wildman–Crippen MR) is 153 cm³/mol. The predicted octanol–water partition coefficient (Wildman–Crippen LogP) is 4.52. The number of rotatable bonds is 9. The summed E-state index contributed by atoms with van der Waals surface area (Å²) in [6.07, 6.45) is 5.01. The maximum atomic E-state index is 13.7. The Morgan fingerprint density at radius 3 is 2.17 bits per heavy atom. The zero-order chi connectivity index (χ0) is 29.1. The molecule has 2 fully saturated rings. The molecule has 2 aliphatic heterocycles. The average Bonchev–Trinajstić information content (AvgIpc) is 3.47. The van der Waals surface area contributed by atoms with Crippen molar-refractivity contribution < 1.29 is 23.4 Å². The molecule has 1 N–H and O–H groups in total. The summed E-state index contributed by atoms with van der Waals surface area (Å²) < 4.78 is 41.0. The van der Waals surface area contributed by atoms with E-state index in [1.165, 1.54) is 30.6 Å². The fourth-order valence-corrected chi connectivity index (χ4v) is 5.99. The van der Waals surface area contributed by atoms with Gasteiger partial charge in [-0.25, -0.2) is 18.7 Å². The Kier molecular flexibility index (Phi) is 8.92. The fourth-order valence-electron chi connectivity index (χ4n) is 5.72. The van der Waals surface area contributed by atoms with E-state index in [1.807, 2.05) is 9.47 Å². The second-order valence-corrected chi connectivity index (χ2v) is 11.1. The summed E-state index contributed by atoms with van der Waals surface area (Å²) in [5.74, 6) is -0.336. The summed E-state index contributed by atoms with van der Waals surface area (Å²) in [5, 5.41) is 10.9. The number of aromatic nitrogens is 4. The third kappa shape index (κ3) is 6.25. The number of ether oxygens (including phenoxy) is 2. The molecule has 0 bridgehead atoms. The van der Waals surface area contributed by atoms with Crippen molar-refractivity contribution in [2.24, 2.45) is 0 Å². The van der Waals surface area contributed by atoms with Crippen molar-refractivity contribution in [2.45, 2.75) is 43.1 Å². The lowest BCUT2D eigenvalue weighted by atomic mass is 9.96. The van der Waals surface area contributed by atoms with Gasteiger partial charge in [-0.3, -0.25) is 14.4 Å². The molecule has 4 heterocycles. The quantitative estimate of drug-likeness (QED) is 0.222. The summed E-state index contributed by atoms with van der Waals surface area (Å²) in [4.78, 5) is 17.3. The minimum absolute atomic E-state index is 0.0684. The lowest BCUT2D eigenvalue weighted by molar-refractivity contribution is -0.0298. The number of fused-ring (bicyclic) bond motifs is 1. The van der Waals surface area contributed by atoms with Crippen LogP contribution in [-0.4, -0.2) is 85.4 Å². The standard InChI is InChI=1S/C30H33ClF2N6O3/c31-28(24(40)17-42-30-26-29(34-18-35-30)39(19-36-26)25-3-1-2-16-41-25)38-14-12-37(13-15-38)27(20-4-8-22(32)9-5-20)21-6-10-23(33)11-7-21/h4-11,18-19,24-25,27-28,40H,1-3,12-17H2. The van der Waals surface area contributed by atoms with Gasteiger partial charge in [0.05, 0.1) is 12.4 Å². The van der Waals surface area contributed by atoms with Crippen molar-refractivity contribution >= 4 is 22.8 Å². The minimum atomic E-state index is -0.989. The van der Waals surface area contributed by atoms with Crippen molar-refractivity contribution in [3.8, 4) is 5.88 Å². The second kappa shape index (κ2) is 13.0. The molecule has 6 rings (SSSR count). The van der Waals surface area contributed by atoms with Gasteiger partial charge in [0.15, 0.2) is 11.2 Å². The van der Waals surface area contributed by atoms with E-state index in [9.17, 15) is 13.9 Å². The molecular weight excluding hydrogens is 566 g/mol. The van der Waals surface area contributed by atoms with Gasteiger partial charge in [0, 0.05) is 32.8 Å². The Labute approximate surface area is 247 Å². The first-order valence-corrected chi connectivity index (χ1v) is 14.6. The smallest absolute Gasteiger partial charge is 0.245 e. The highest BCUT2D eigenvalue weighted by molar-refractivity contribution is 6.20. The highest BCUT2D eigenvalue weighted by Gasteiger charge is 2.32. The zero-order valence-electron chi connectivity index (χ0n) is 23.0. The van der Waals surface area contributed by atoms with E-state index >= 15 is 0 Å². The third-order valence-electron chi connectivity index (χ3n) is 7.93. The molecular formula is C30H33ClF2N6O3. The number of hydrogen-bond acceptors (Lipinski definition) is 8. The number of benzene rings is 2. The second-order valence-electron chi connectivity index (χ2n) is 10.7. The van der Waals surface area contributed by atoms with Gasteiger partial charge in [-0.2, -0.15) is 4.98 Å². The maximum absolute atomic E-state index is 13.7. The topological polar surface area (TPSA) is 88.8 Å². The van der Waals surface area contributed by atoms with Gasteiger partial charge in [0.25, 0.3) is 0 Å². The summed E-state index contributed by atoms with van der Waals surface area (Å²) in [5.41, 5.74) is 2.28. The van der Waals surface area contributed by atoms with Crippen LogP contribution in [0.5, 0.6) is 5.88 Å². The van der Waals surface area contributed by atoms with E-state index in [0.29, 0.717) is 43.9 Å². The number of nitrogens with zero attached hydrogens (tertiary/aromatic N) is 6. The Morgan fingerprint density at radius 2 is 1.55 bits per heavy atom. The molecule has 0 spiro atoms. The lowest BCUT2D eigenvalue weighted by Gasteiger charge is -2.42. The number of aliphatic hydroxyl groups is 1. The monoisotopic (exact) mass is 598 g/mol. The van der Waals surface area contributed by atoms with E-state index in [0.717, 1.165) is 30.4 Å². The molecule has 12 heteroatoms. The van der Waals surface area contributed by atoms with Gasteiger partial charge in [0.2, 0.25) is 5.88 Å². The van der Waals surface area contributed by atoms with E-state index in [1.54, 1.807) is 30.6 Å². The first kappa shape index (κ1) is 28.9. The highest BCUT2D eigenvalue weighted by atomic mass is 35.5. The molecule has 2 aromatic heterocycles. The van der Waals surface area contributed by atoms with Crippen LogP contribution in [0, 0.1) is 11.6 Å². The summed E-state index contributed by atoms with van der Waals surface area (Å²) in [6, 6.07) is 12.6. The molecule has 4 aromatic rings. The van der Waals surface area contributed by atoms with Crippen LogP contribution in [0.2, 0.25) is 0 Å². The van der Waals surface area contributed by atoms with E-state index in [2.05, 4.69) is 19.9 Å². The van der Waals surface area contributed by atoms with Crippen molar-refractivity contribution in [1.29, 1.82) is 0 Å². The number of piperazine rings is 1. The number of aliphatic hydroxyl groups excluding tert-OH is 1. The fraction of sp³-hybridized carbons (Fsp3) is 0.433. The summed E-state index contributed by atoms with van der Waals surface area (Å²) in [7, 11) is 0. The van der Waals surface area contributed by atoms with Crippen LogP contribution in [-0.2, 0) is 4.74 Å². The Morgan fingerprint density at radius 1 is 0.905 bits per heavy atom. The maximum Gasteiger partial charge on any atom is 0.245 e. The molecule has 3 unspecified atom stereocenters. The zero-order valence-corrected chi connectivity index (χ0v) is 23.8. The first-order valence-electron chi connectivity index (χ1n) is 14.2. The third-order valence-corrected chi connectivity index (χ3v) is 8.50. The molecule has 2 aliphatic rings. The van der Waals surface area contributed by atoms with Gasteiger partial charge in [0.1, 0.15) is 42.4 Å². The van der Waals surface area contributed by atoms with Gasteiger partial charge < -0.3 is 14.6 Å². The van der Waals surface area contributed by atoms with Crippen LogP contribution >= 0.6 is 11.6 Å². The van der Waals surface area contributed by atoms with Crippen LogP contribution in [0.25, 0.3) is 11.2 Å². The van der Waals surface area contributed by atoms with Crippen molar-refractivity contribution in [2.75, 3.05) is 39.4 Å². The van der Waals surface area contributed by atoms with Crippen molar-refractivity contribution in [3.05, 3.63) is 83.9 Å². The molecule has 2 aromatic carbocycles. The molecule has 0 saturated carbocycles. The molecule has 222 valence electrons. The average molecular weight is 599 g/mol. The highest BCUT2D eigenvalue weighted by Crippen LogP contribution is 2.31. The van der Waals surface area contributed by atoms with Crippen molar-refractivity contribution in [3.63, 3.8) is 0 Å². The van der Waals surface area contributed by atoms with Crippen LogP contribution in [0.4, 0.5) is 8.78 Å². The Hall–Kier alpha value is -3.22. The van der Waals surface area contributed by atoms with Gasteiger partial charge in [-0.05, 0) is 54.7 Å². The first-order chi connectivity index (χ1) is 20.5. The van der Waals surface area contributed by atoms with E-state index in [-0.39, 0.29) is 36.4 Å². The van der Waals surface area contributed by atoms with Crippen LogP contribution in [0.3, 0.4) is 0 Å². The van der Waals surface area contributed by atoms with E-state index < -0.39 is 11.6 Å². The normalized spacial score (nSPS) is 20.2. The summed E-state index contributed by atoms with van der Waals surface area (Å²) >= 11 is 6.72. The van der Waals surface area contributed by atoms with Crippen LogP contribution in [0.15, 0.2) is 61.2 Å². The molecule has 2 saturated heterocycles. The molecule has 42 heavy (non-hydrogen) atoms. The van der Waals surface area contributed by atoms with Crippen molar-refractivity contribution in [1.82, 2.24) is 29.3 Å².